The molecule has 0 aliphatic heterocycles. The number of aromatic nitrogens is 3. The zero-order valence-electron chi connectivity index (χ0n) is 7.40. The van der Waals surface area contributed by atoms with Gasteiger partial charge in [0.15, 0.2) is 0 Å². The average molecular weight is 210 g/mol. The minimum Gasteiger partial charge on any atom is -0.396 e. The van der Waals surface area contributed by atoms with Crippen molar-refractivity contribution in [3.8, 4) is 0 Å². The van der Waals surface area contributed by atoms with Gasteiger partial charge in [0.1, 0.15) is 10.7 Å². The first-order chi connectivity index (χ1) is 6.81. The Balaban J connectivity index is 2.44. The lowest BCUT2D eigenvalue weighted by atomic mass is 10.4. The van der Waals surface area contributed by atoms with E-state index in [1.165, 1.54) is 11.8 Å². The molecule has 2 aromatic rings. The van der Waals surface area contributed by atoms with Crippen molar-refractivity contribution >= 4 is 28.7 Å². The van der Waals surface area contributed by atoms with Crippen LogP contribution in [-0.2, 0) is 0 Å². The highest BCUT2D eigenvalue weighted by Crippen LogP contribution is 2.24. The predicted octanol–water partition coefficient (Wildman–Crippen LogP) is 0.624. The van der Waals surface area contributed by atoms with E-state index in [0.29, 0.717) is 5.75 Å². The summed E-state index contributed by atoms with van der Waals surface area (Å²) in [6.45, 7) is 0.125. The van der Waals surface area contributed by atoms with Crippen LogP contribution in [0.4, 0.5) is 5.95 Å². The zero-order valence-corrected chi connectivity index (χ0v) is 8.21. The van der Waals surface area contributed by atoms with E-state index >= 15 is 0 Å². The lowest BCUT2D eigenvalue weighted by molar-refractivity contribution is 0.322. The minimum atomic E-state index is 0.125. The summed E-state index contributed by atoms with van der Waals surface area (Å²) in [5, 5.41) is 10.5. The third-order valence-electron chi connectivity index (χ3n) is 1.73. The number of fused-ring (bicyclic) bond motifs is 1. The van der Waals surface area contributed by atoms with Crippen molar-refractivity contribution in [3.05, 3.63) is 12.3 Å². The predicted molar refractivity (Wildman–Crippen MR) is 56.1 cm³/mol. The van der Waals surface area contributed by atoms with Gasteiger partial charge >= 0.3 is 0 Å². The van der Waals surface area contributed by atoms with Gasteiger partial charge in [0.25, 0.3) is 0 Å². The number of aromatic amines is 1. The second-order valence-corrected chi connectivity index (χ2v) is 3.78. The SMILES string of the molecule is Nc1nc(SCCO)c2cc[nH]c2n1. The van der Waals surface area contributed by atoms with Crippen LogP contribution >= 0.6 is 11.8 Å². The molecule has 0 aromatic carbocycles. The van der Waals surface area contributed by atoms with Crippen LogP contribution in [0.5, 0.6) is 0 Å². The van der Waals surface area contributed by atoms with Gasteiger partial charge < -0.3 is 15.8 Å². The van der Waals surface area contributed by atoms with Crippen LogP contribution in [0, 0.1) is 0 Å². The summed E-state index contributed by atoms with van der Waals surface area (Å²) in [6.07, 6.45) is 1.79. The van der Waals surface area contributed by atoms with Crippen molar-refractivity contribution in [2.24, 2.45) is 0 Å². The summed E-state index contributed by atoms with van der Waals surface area (Å²) in [5.41, 5.74) is 6.27. The van der Waals surface area contributed by atoms with E-state index in [1.807, 2.05) is 6.07 Å². The standard InChI is InChI=1S/C8H10N4OS/c9-8-11-6-5(1-2-10-6)7(12-8)14-4-3-13/h1-2,13H,3-4H2,(H3,9,10,11,12). The van der Waals surface area contributed by atoms with Gasteiger partial charge in [-0.25, -0.2) is 4.98 Å². The zero-order chi connectivity index (χ0) is 9.97. The van der Waals surface area contributed by atoms with Gasteiger partial charge in [-0.1, -0.05) is 0 Å². The van der Waals surface area contributed by atoms with E-state index in [0.717, 1.165) is 16.1 Å². The number of H-pyrrole nitrogens is 1. The van der Waals surface area contributed by atoms with Gasteiger partial charge in [0.05, 0.1) is 12.0 Å². The van der Waals surface area contributed by atoms with Crippen LogP contribution in [0.3, 0.4) is 0 Å². The number of aliphatic hydroxyl groups excluding tert-OH is 1. The average Bonchev–Trinajstić information content (AvgIpc) is 2.61. The molecule has 0 unspecified atom stereocenters. The van der Waals surface area contributed by atoms with E-state index in [4.69, 9.17) is 10.8 Å². The number of nitrogen functional groups attached to an aromatic ring is 1. The lowest BCUT2D eigenvalue weighted by Gasteiger charge is -2.01. The van der Waals surface area contributed by atoms with Crippen molar-refractivity contribution in [2.75, 3.05) is 18.1 Å². The molecule has 14 heavy (non-hydrogen) atoms. The Kier molecular flexibility index (Phi) is 2.55. The Morgan fingerprint density at radius 3 is 3.14 bits per heavy atom. The van der Waals surface area contributed by atoms with Crippen LogP contribution in [0.25, 0.3) is 11.0 Å². The van der Waals surface area contributed by atoms with Gasteiger partial charge in [-0.15, -0.1) is 11.8 Å². The highest BCUT2D eigenvalue weighted by molar-refractivity contribution is 7.99. The van der Waals surface area contributed by atoms with E-state index in [-0.39, 0.29) is 12.6 Å². The molecule has 74 valence electrons. The molecule has 0 fully saturated rings. The summed E-state index contributed by atoms with van der Waals surface area (Å²) in [5.74, 6) is 0.858. The fourth-order valence-electron chi connectivity index (χ4n) is 1.18. The largest absolute Gasteiger partial charge is 0.396 e. The number of nitrogens with one attached hydrogen (secondary N) is 1. The summed E-state index contributed by atoms with van der Waals surface area (Å²) >= 11 is 1.47. The van der Waals surface area contributed by atoms with E-state index in [1.54, 1.807) is 6.20 Å². The third kappa shape index (κ3) is 1.66. The number of aliphatic hydroxyl groups is 1. The molecular weight excluding hydrogens is 200 g/mol. The Hall–Kier alpha value is -1.27. The van der Waals surface area contributed by atoms with Crippen molar-refractivity contribution in [2.45, 2.75) is 5.03 Å². The molecule has 0 spiro atoms. The molecular formula is C8H10N4OS. The highest BCUT2D eigenvalue weighted by Gasteiger charge is 2.06. The first-order valence-electron chi connectivity index (χ1n) is 4.15. The van der Waals surface area contributed by atoms with Crippen molar-refractivity contribution in [1.29, 1.82) is 0 Å². The smallest absolute Gasteiger partial charge is 0.223 e. The summed E-state index contributed by atoms with van der Waals surface area (Å²) in [4.78, 5) is 11.1. The van der Waals surface area contributed by atoms with Crippen LogP contribution in [-0.4, -0.2) is 32.4 Å². The molecule has 2 heterocycles. The normalized spacial score (nSPS) is 10.9. The van der Waals surface area contributed by atoms with Crippen molar-refractivity contribution in [1.82, 2.24) is 15.0 Å². The van der Waals surface area contributed by atoms with Gasteiger partial charge in [-0.05, 0) is 6.07 Å². The summed E-state index contributed by atoms with van der Waals surface area (Å²) in [7, 11) is 0. The van der Waals surface area contributed by atoms with Crippen LogP contribution in [0.1, 0.15) is 0 Å². The molecule has 0 radical (unpaired) electrons. The topological polar surface area (TPSA) is 87.8 Å². The van der Waals surface area contributed by atoms with E-state index in [9.17, 15) is 0 Å². The fourth-order valence-corrected chi connectivity index (χ4v) is 1.94. The molecule has 0 aliphatic carbocycles. The molecule has 0 aliphatic rings. The molecule has 0 atom stereocenters. The quantitative estimate of drug-likeness (QED) is 0.510. The Morgan fingerprint density at radius 1 is 1.50 bits per heavy atom. The maximum absolute atomic E-state index is 8.72. The maximum Gasteiger partial charge on any atom is 0.223 e. The fraction of sp³-hybridized carbons (Fsp3) is 0.250. The molecule has 0 saturated carbocycles. The lowest BCUT2D eigenvalue weighted by Crippen LogP contribution is -1.97. The number of hydrogen-bond acceptors (Lipinski definition) is 5. The molecule has 0 bridgehead atoms. The number of hydrogen-bond donors (Lipinski definition) is 3. The van der Waals surface area contributed by atoms with Crippen molar-refractivity contribution in [3.63, 3.8) is 0 Å². The first-order valence-corrected chi connectivity index (χ1v) is 5.14. The van der Waals surface area contributed by atoms with Crippen LogP contribution in [0.2, 0.25) is 0 Å². The minimum absolute atomic E-state index is 0.125. The van der Waals surface area contributed by atoms with Crippen molar-refractivity contribution < 1.29 is 5.11 Å². The highest BCUT2D eigenvalue weighted by atomic mass is 32.2. The molecule has 2 aromatic heterocycles. The molecule has 5 nitrogen and oxygen atoms in total. The number of nitrogens with two attached hydrogens (primary N) is 1. The Bertz CT molecular complexity index is 442. The summed E-state index contributed by atoms with van der Waals surface area (Å²) < 4.78 is 0. The monoisotopic (exact) mass is 210 g/mol. The molecule has 2 rings (SSSR count). The molecule has 0 amide bonds. The van der Waals surface area contributed by atoms with Gasteiger partial charge in [-0.3, -0.25) is 0 Å². The summed E-state index contributed by atoms with van der Waals surface area (Å²) in [6, 6.07) is 1.90. The van der Waals surface area contributed by atoms with Crippen LogP contribution < -0.4 is 5.73 Å². The maximum atomic E-state index is 8.72. The third-order valence-corrected chi connectivity index (χ3v) is 2.70. The van der Waals surface area contributed by atoms with Gasteiger partial charge in [0.2, 0.25) is 5.95 Å². The molecule has 0 saturated heterocycles. The van der Waals surface area contributed by atoms with Gasteiger partial charge in [0, 0.05) is 11.9 Å². The Morgan fingerprint density at radius 2 is 2.36 bits per heavy atom. The molecule has 6 heteroatoms. The number of anilines is 1. The first kappa shape index (κ1) is 9.29. The number of nitrogens with zero attached hydrogens (tertiary/aromatic N) is 2. The van der Waals surface area contributed by atoms with E-state index < -0.39 is 0 Å². The van der Waals surface area contributed by atoms with Crippen LogP contribution in [0.15, 0.2) is 17.3 Å². The number of rotatable bonds is 3. The van der Waals surface area contributed by atoms with E-state index in [2.05, 4.69) is 15.0 Å². The Labute approximate surface area is 84.7 Å². The van der Waals surface area contributed by atoms with Gasteiger partial charge in [-0.2, -0.15) is 4.98 Å². The molecule has 4 N–H and O–H groups in total. The second kappa shape index (κ2) is 3.85. The number of thioether (sulfide) groups is 1. The second-order valence-electron chi connectivity index (χ2n) is 2.70.